The molecule has 0 spiro atoms. The first kappa shape index (κ1) is 18.6. The number of H-pyrrole nitrogens is 1. The zero-order chi connectivity index (χ0) is 18.0. The summed E-state index contributed by atoms with van der Waals surface area (Å²) in [5.41, 5.74) is 3.72. The Balaban J connectivity index is 1.74. The van der Waals surface area contributed by atoms with Crippen molar-refractivity contribution in [3.63, 3.8) is 0 Å². The van der Waals surface area contributed by atoms with Crippen molar-refractivity contribution in [2.45, 2.75) is 56.7 Å². The van der Waals surface area contributed by atoms with Gasteiger partial charge in [-0.3, -0.25) is 0 Å². The number of nitrogens with one attached hydrogen (secondary N) is 1. The number of hydrogen-bond donors (Lipinski definition) is 1. The largest absolute Gasteiger partial charge is 0.354 e. The highest BCUT2D eigenvalue weighted by Gasteiger charge is 2.19. The molecule has 0 saturated heterocycles. The second-order valence-electron chi connectivity index (χ2n) is 7.82. The summed E-state index contributed by atoms with van der Waals surface area (Å²) < 4.78 is 0. The lowest BCUT2D eigenvalue weighted by molar-refractivity contribution is 0.452. The number of hydrogen-bond acceptors (Lipinski definition) is 0. The summed E-state index contributed by atoms with van der Waals surface area (Å²) in [7, 11) is 0. The Morgan fingerprint density at radius 2 is 1.76 bits per heavy atom. The van der Waals surface area contributed by atoms with Crippen molar-refractivity contribution in [2.24, 2.45) is 5.92 Å². The van der Waals surface area contributed by atoms with Gasteiger partial charge < -0.3 is 4.98 Å². The third-order valence-electron chi connectivity index (χ3n) is 5.09. The van der Waals surface area contributed by atoms with Crippen molar-refractivity contribution in [3.05, 3.63) is 48.0 Å². The van der Waals surface area contributed by atoms with Crippen LogP contribution < -0.4 is 0 Å². The van der Waals surface area contributed by atoms with Gasteiger partial charge in [0, 0.05) is 32.1 Å². The van der Waals surface area contributed by atoms with Gasteiger partial charge >= 0.3 is 0 Å². The van der Waals surface area contributed by atoms with E-state index in [0.717, 1.165) is 25.7 Å². The average molecular weight is 376 g/mol. The van der Waals surface area contributed by atoms with E-state index in [0.29, 0.717) is 5.92 Å². The molecule has 2 aromatic carbocycles. The van der Waals surface area contributed by atoms with Crippen LogP contribution in [0.1, 0.15) is 45.6 Å². The number of para-hydroxylation sites is 2. The maximum atomic E-state index is 6.77. The van der Waals surface area contributed by atoms with E-state index < -0.39 is 0 Å². The van der Waals surface area contributed by atoms with Crippen LogP contribution in [-0.2, 0) is 6.42 Å². The van der Waals surface area contributed by atoms with E-state index in [1.807, 2.05) is 0 Å². The monoisotopic (exact) mass is 375 g/mol. The number of aromatic amines is 1. The Kier molecular flexibility index (Phi) is 5.65. The SMILES string of the molecule is CC(CCCC(C)(C)Cl)C(Cl)Cc1cccc2c1[nH]c1ccccc12. The van der Waals surface area contributed by atoms with Crippen LogP contribution in [0, 0.1) is 5.92 Å². The highest BCUT2D eigenvalue weighted by Crippen LogP contribution is 2.31. The minimum atomic E-state index is -0.114. The van der Waals surface area contributed by atoms with Gasteiger partial charge in [0.05, 0.1) is 0 Å². The van der Waals surface area contributed by atoms with Gasteiger partial charge in [-0.15, -0.1) is 23.2 Å². The van der Waals surface area contributed by atoms with E-state index >= 15 is 0 Å². The number of alkyl halides is 2. The van der Waals surface area contributed by atoms with Gasteiger partial charge in [0.15, 0.2) is 0 Å². The third kappa shape index (κ3) is 4.51. The van der Waals surface area contributed by atoms with Gasteiger partial charge in [0.1, 0.15) is 0 Å². The first-order valence-electron chi connectivity index (χ1n) is 9.16. The van der Waals surface area contributed by atoms with Crippen LogP contribution in [0.5, 0.6) is 0 Å². The zero-order valence-electron chi connectivity index (χ0n) is 15.3. The van der Waals surface area contributed by atoms with Crippen molar-refractivity contribution in [2.75, 3.05) is 0 Å². The molecule has 3 heteroatoms. The topological polar surface area (TPSA) is 15.8 Å². The van der Waals surface area contributed by atoms with Gasteiger partial charge in [-0.1, -0.05) is 49.7 Å². The number of aromatic nitrogens is 1. The van der Waals surface area contributed by atoms with Crippen LogP contribution in [0.25, 0.3) is 21.8 Å². The van der Waals surface area contributed by atoms with Crippen molar-refractivity contribution in [3.8, 4) is 0 Å². The van der Waals surface area contributed by atoms with Crippen molar-refractivity contribution < 1.29 is 0 Å². The third-order valence-corrected chi connectivity index (χ3v) is 5.86. The molecule has 1 heterocycles. The summed E-state index contributed by atoms with van der Waals surface area (Å²) in [5, 5.41) is 2.70. The average Bonchev–Trinajstić information content (AvgIpc) is 2.93. The van der Waals surface area contributed by atoms with Crippen LogP contribution in [0.15, 0.2) is 42.5 Å². The molecule has 2 unspecified atom stereocenters. The maximum absolute atomic E-state index is 6.77. The Hall–Kier alpha value is -1.18. The van der Waals surface area contributed by atoms with Crippen molar-refractivity contribution >= 4 is 45.0 Å². The Morgan fingerprint density at radius 3 is 2.52 bits per heavy atom. The Labute approximate surface area is 160 Å². The fourth-order valence-corrected chi connectivity index (χ4v) is 3.97. The van der Waals surface area contributed by atoms with Gasteiger partial charge in [-0.2, -0.15) is 0 Å². The van der Waals surface area contributed by atoms with Crippen molar-refractivity contribution in [1.29, 1.82) is 0 Å². The lowest BCUT2D eigenvalue weighted by Crippen LogP contribution is -2.16. The van der Waals surface area contributed by atoms with Crippen molar-refractivity contribution in [1.82, 2.24) is 4.98 Å². The minimum absolute atomic E-state index is 0.114. The van der Waals surface area contributed by atoms with Gasteiger partial charge in [0.2, 0.25) is 0 Å². The van der Waals surface area contributed by atoms with Crippen LogP contribution in [0.2, 0.25) is 0 Å². The molecular weight excluding hydrogens is 349 g/mol. The molecule has 134 valence electrons. The summed E-state index contributed by atoms with van der Waals surface area (Å²) in [6.07, 6.45) is 4.15. The molecule has 0 aliphatic rings. The molecule has 1 nitrogen and oxygen atoms in total. The number of fused-ring (bicyclic) bond motifs is 3. The molecule has 0 aliphatic carbocycles. The lowest BCUT2D eigenvalue weighted by Gasteiger charge is -2.21. The van der Waals surface area contributed by atoms with Gasteiger partial charge in [-0.05, 0) is 50.7 Å². The van der Waals surface area contributed by atoms with E-state index in [9.17, 15) is 0 Å². The standard InChI is InChI=1S/C22H27Cl2N/c1-15(8-7-13-22(2,3)24)19(23)14-16-9-6-11-18-17-10-4-5-12-20(17)25-21(16)18/h4-6,9-12,15,19,25H,7-8,13-14H2,1-3H3. The summed E-state index contributed by atoms with van der Waals surface area (Å²) >= 11 is 13.1. The highest BCUT2D eigenvalue weighted by atomic mass is 35.5. The Morgan fingerprint density at radius 1 is 1.04 bits per heavy atom. The fourth-order valence-electron chi connectivity index (χ4n) is 3.54. The van der Waals surface area contributed by atoms with Gasteiger partial charge in [0.25, 0.3) is 0 Å². The molecule has 0 saturated carbocycles. The molecule has 1 aromatic heterocycles. The fraction of sp³-hybridized carbons (Fsp3) is 0.455. The molecule has 3 aromatic rings. The van der Waals surface area contributed by atoms with E-state index in [-0.39, 0.29) is 10.3 Å². The van der Waals surface area contributed by atoms with E-state index in [2.05, 4.69) is 68.2 Å². The maximum Gasteiger partial charge on any atom is 0.0497 e. The van der Waals surface area contributed by atoms with E-state index in [4.69, 9.17) is 23.2 Å². The molecular formula is C22H27Cl2N. The van der Waals surface area contributed by atoms with Gasteiger partial charge in [-0.25, -0.2) is 0 Å². The number of halogens is 2. The summed E-state index contributed by atoms with van der Waals surface area (Å²) in [6, 6.07) is 15.0. The first-order chi connectivity index (χ1) is 11.8. The molecule has 0 bridgehead atoms. The van der Waals surface area contributed by atoms with Crippen LogP contribution >= 0.6 is 23.2 Å². The quantitative estimate of drug-likeness (QED) is 0.417. The normalized spacial score (nSPS) is 14.9. The molecule has 1 N–H and O–H groups in total. The smallest absolute Gasteiger partial charge is 0.0497 e. The molecule has 0 fully saturated rings. The minimum Gasteiger partial charge on any atom is -0.354 e. The second kappa shape index (κ2) is 7.60. The predicted molar refractivity (Wildman–Crippen MR) is 112 cm³/mol. The second-order valence-corrected chi connectivity index (χ2v) is 9.40. The lowest BCUT2D eigenvalue weighted by atomic mass is 9.93. The van der Waals surface area contributed by atoms with Crippen LogP contribution in [0.4, 0.5) is 0 Å². The summed E-state index contributed by atoms with van der Waals surface area (Å²) in [5.74, 6) is 0.473. The molecule has 0 amide bonds. The van der Waals surface area contributed by atoms with E-state index in [1.165, 1.54) is 27.4 Å². The van der Waals surface area contributed by atoms with E-state index in [1.54, 1.807) is 0 Å². The predicted octanol–water partition coefficient (Wildman–Crippen LogP) is 7.29. The van der Waals surface area contributed by atoms with Crippen LogP contribution in [0.3, 0.4) is 0 Å². The summed E-state index contributed by atoms with van der Waals surface area (Å²) in [4.78, 5) is 3.46. The molecule has 25 heavy (non-hydrogen) atoms. The zero-order valence-corrected chi connectivity index (χ0v) is 16.8. The number of rotatable bonds is 7. The molecule has 0 radical (unpaired) electrons. The van der Waals surface area contributed by atoms with Crippen LogP contribution in [-0.4, -0.2) is 15.2 Å². The first-order valence-corrected chi connectivity index (χ1v) is 9.98. The molecule has 0 aliphatic heterocycles. The number of benzene rings is 2. The highest BCUT2D eigenvalue weighted by molar-refractivity contribution is 6.23. The molecule has 3 rings (SSSR count). The molecule has 2 atom stereocenters. The summed E-state index contributed by atoms with van der Waals surface area (Å²) in [6.45, 7) is 6.41. The Bertz CT molecular complexity index is 844.